The highest BCUT2D eigenvalue weighted by Gasteiger charge is 2.32. The van der Waals surface area contributed by atoms with E-state index in [-0.39, 0.29) is 25.2 Å². The van der Waals surface area contributed by atoms with Crippen molar-refractivity contribution in [3.05, 3.63) is 0 Å². The van der Waals surface area contributed by atoms with Gasteiger partial charge >= 0.3 is 12.0 Å². The molecule has 0 aromatic heterocycles. The summed E-state index contributed by atoms with van der Waals surface area (Å²) in [6, 6.07) is 0.255. The van der Waals surface area contributed by atoms with Crippen molar-refractivity contribution in [3.63, 3.8) is 0 Å². The molecule has 1 saturated heterocycles. The molecular formula is C13H23N3O4. The van der Waals surface area contributed by atoms with Gasteiger partial charge < -0.3 is 20.0 Å². The van der Waals surface area contributed by atoms with Crippen molar-refractivity contribution in [3.8, 4) is 0 Å². The number of nitrogens with zero attached hydrogens (tertiary/aromatic N) is 3. The van der Waals surface area contributed by atoms with Gasteiger partial charge in [-0.15, -0.1) is 0 Å². The molecule has 114 valence electrons. The van der Waals surface area contributed by atoms with Crippen molar-refractivity contribution in [1.29, 1.82) is 0 Å². The Hall–Kier alpha value is -1.34. The van der Waals surface area contributed by atoms with Gasteiger partial charge in [0.05, 0.1) is 13.2 Å². The van der Waals surface area contributed by atoms with Crippen LogP contribution < -0.4 is 0 Å². The zero-order chi connectivity index (χ0) is 14.5. The summed E-state index contributed by atoms with van der Waals surface area (Å²) >= 11 is 0. The maximum Gasteiger partial charge on any atom is 0.320 e. The Labute approximate surface area is 118 Å². The molecule has 1 aliphatic carbocycles. The molecule has 0 atom stereocenters. The molecule has 2 rings (SSSR count). The van der Waals surface area contributed by atoms with Crippen molar-refractivity contribution in [2.45, 2.75) is 25.3 Å². The SMILES string of the molecule is O=C(O)CN1CCN(C(=O)N(CCO)C2CCC2)CC1. The minimum atomic E-state index is -0.832. The first-order valence-electron chi connectivity index (χ1n) is 7.22. The molecule has 0 aromatic rings. The Morgan fingerprint density at radius 3 is 2.25 bits per heavy atom. The van der Waals surface area contributed by atoms with Crippen molar-refractivity contribution in [2.75, 3.05) is 45.9 Å². The summed E-state index contributed by atoms with van der Waals surface area (Å²) in [4.78, 5) is 28.5. The van der Waals surface area contributed by atoms with E-state index in [1.165, 1.54) is 0 Å². The summed E-state index contributed by atoms with van der Waals surface area (Å²) in [6.45, 7) is 2.71. The van der Waals surface area contributed by atoms with Crippen LogP contribution in [0.4, 0.5) is 4.79 Å². The van der Waals surface area contributed by atoms with Crippen LogP contribution in [0.25, 0.3) is 0 Å². The monoisotopic (exact) mass is 285 g/mol. The molecule has 20 heavy (non-hydrogen) atoms. The van der Waals surface area contributed by atoms with E-state index in [0.29, 0.717) is 32.7 Å². The number of carboxylic acid groups (broad SMARTS) is 1. The van der Waals surface area contributed by atoms with Gasteiger partial charge in [-0.1, -0.05) is 0 Å². The zero-order valence-corrected chi connectivity index (χ0v) is 11.7. The van der Waals surface area contributed by atoms with Crippen LogP contribution in [0.2, 0.25) is 0 Å². The molecule has 1 heterocycles. The number of hydrogen-bond donors (Lipinski definition) is 2. The van der Waals surface area contributed by atoms with E-state index in [1.54, 1.807) is 9.80 Å². The van der Waals surface area contributed by atoms with E-state index in [4.69, 9.17) is 10.2 Å². The first kappa shape index (κ1) is 15.1. The largest absolute Gasteiger partial charge is 0.480 e. The molecule has 1 aliphatic heterocycles. The fraction of sp³-hybridized carbons (Fsp3) is 0.846. The second kappa shape index (κ2) is 6.90. The van der Waals surface area contributed by atoms with E-state index in [2.05, 4.69) is 0 Å². The smallest absolute Gasteiger partial charge is 0.320 e. The van der Waals surface area contributed by atoms with E-state index in [1.807, 2.05) is 4.90 Å². The molecule has 2 aliphatic rings. The lowest BCUT2D eigenvalue weighted by Gasteiger charge is -2.42. The van der Waals surface area contributed by atoms with Gasteiger partial charge in [0.25, 0.3) is 0 Å². The fourth-order valence-electron chi connectivity index (χ4n) is 2.71. The summed E-state index contributed by atoms with van der Waals surface area (Å²) < 4.78 is 0. The Morgan fingerprint density at radius 1 is 1.15 bits per heavy atom. The first-order chi connectivity index (χ1) is 9.61. The number of piperazine rings is 1. The number of aliphatic carboxylic acids is 1. The molecule has 0 unspecified atom stereocenters. The van der Waals surface area contributed by atoms with Crippen LogP contribution in [-0.4, -0.2) is 88.8 Å². The normalized spacial score (nSPS) is 20.6. The number of rotatable bonds is 5. The standard InChI is InChI=1S/C13H23N3O4/c17-9-8-16(11-2-1-3-11)13(20)15-6-4-14(5-7-15)10-12(18)19/h11,17H,1-10H2,(H,18,19). The van der Waals surface area contributed by atoms with Gasteiger partial charge in [0.1, 0.15) is 0 Å². The predicted molar refractivity (Wildman–Crippen MR) is 72.5 cm³/mol. The number of aliphatic hydroxyl groups is 1. The summed E-state index contributed by atoms with van der Waals surface area (Å²) in [5.74, 6) is -0.832. The molecule has 7 nitrogen and oxygen atoms in total. The fourth-order valence-corrected chi connectivity index (χ4v) is 2.71. The Balaban J connectivity index is 1.84. The quantitative estimate of drug-likeness (QED) is 0.721. The Bertz CT molecular complexity index is 352. The second-order valence-electron chi connectivity index (χ2n) is 5.44. The summed E-state index contributed by atoms with van der Waals surface area (Å²) in [5, 5.41) is 17.9. The number of carbonyl (C=O) groups excluding carboxylic acids is 1. The predicted octanol–water partition coefficient (Wildman–Crippen LogP) is -0.345. The lowest BCUT2D eigenvalue weighted by atomic mass is 9.91. The van der Waals surface area contributed by atoms with E-state index in [0.717, 1.165) is 19.3 Å². The summed E-state index contributed by atoms with van der Waals surface area (Å²) in [5.41, 5.74) is 0. The van der Waals surface area contributed by atoms with Gasteiger partial charge in [-0.3, -0.25) is 9.69 Å². The van der Waals surface area contributed by atoms with Crippen LogP contribution in [0.15, 0.2) is 0 Å². The number of aliphatic hydroxyl groups excluding tert-OH is 1. The van der Waals surface area contributed by atoms with Crippen LogP contribution in [0.1, 0.15) is 19.3 Å². The highest BCUT2D eigenvalue weighted by molar-refractivity contribution is 5.75. The number of amides is 2. The van der Waals surface area contributed by atoms with Crippen LogP contribution in [0, 0.1) is 0 Å². The van der Waals surface area contributed by atoms with E-state index in [9.17, 15) is 9.59 Å². The molecule has 0 radical (unpaired) electrons. The molecule has 2 N–H and O–H groups in total. The molecule has 1 saturated carbocycles. The average molecular weight is 285 g/mol. The highest BCUT2D eigenvalue weighted by Crippen LogP contribution is 2.25. The van der Waals surface area contributed by atoms with E-state index >= 15 is 0 Å². The maximum atomic E-state index is 12.5. The molecular weight excluding hydrogens is 262 g/mol. The molecule has 0 aromatic carbocycles. The van der Waals surface area contributed by atoms with Gasteiger partial charge in [-0.2, -0.15) is 0 Å². The molecule has 7 heteroatoms. The first-order valence-corrected chi connectivity index (χ1v) is 7.22. The number of hydrogen-bond acceptors (Lipinski definition) is 4. The van der Waals surface area contributed by atoms with Gasteiger partial charge in [-0.05, 0) is 19.3 Å². The summed E-state index contributed by atoms with van der Waals surface area (Å²) in [7, 11) is 0. The number of carbonyl (C=O) groups is 2. The molecule has 0 bridgehead atoms. The summed E-state index contributed by atoms with van der Waals surface area (Å²) in [6.07, 6.45) is 3.18. The Kier molecular flexibility index (Phi) is 5.19. The lowest BCUT2D eigenvalue weighted by molar-refractivity contribution is -0.138. The molecule has 2 fully saturated rings. The molecule has 2 amide bonds. The van der Waals surface area contributed by atoms with Crippen molar-refractivity contribution in [1.82, 2.24) is 14.7 Å². The van der Waals surface area contributed by atoms with Crippen LogP contribution in [0.5, 0.6) is 0 Å². The third-order valence-electron chi connectivity index (χ3n) is 4.10. The van der Waals surface area contributed by atoms with Gasteiger partial charge in [0.15, 0.2) is 0 Å². The van der Waals surface area contributed by atoms with Crippen molar-refractivity contribution in [2.24, 2.45) is 0 Å². The molecule has 0 spiro atoms. The average Bonchev–Trinajstić information content (AvgIpc) is 2.35. The third-order valence-corrected chi connectivity index (χ3v) is 4.10. The van der Waals surface area contributed by atoms with Crippen LogP contribution in [0.3, 0.4) is 0 Å². The van der Waals surface area contributed by atoms with Crippen LogP contribution in [-0.2, 0) is 4.79 Å². The second-order valence-corrected chi connectivity index (χ2v) is 5.44. The van der Waals surface area contributed by atoms with Crippen LogP contribution >= 0.6 is 0 Å². The topological polar surface area (TPSA) is 84.3 Å². The van der Waals surface area contributed by atoms with Gasteiger partial charge in [-0.25, -0.2) is 4.79 Å². The third kappa shape index (κ3) is 3.61. The van der Waals surface area contributed by atoms with Crippen molar-refractivity contribution < 1.29 is 19.8 Å². The van der Waals surface area contributed by atoms with Gasteiger partial charge in [0.2, 0.25) is 0 Å². The number of urea groups is 1. The lowest BCUT2D eigenvalue weighted by Crippen LogP contribution is -2.56. The zero-order valence-electron chi connectivity index (χ0n) is 11.7. The van der Waals surface area contributed by atoms with E-state index < -0.39 is 5.97 Å². The van der Waals surface area contributed by atoms with Gasteiger partial charge in [0, 0.05) is 38.8 Å². The number of carboxylic acids is 1. The maximum absolute atomic E-state index is 12.5. The highest BCUT2D eigenvalue weighted by atomic mass is 16.4. The minimum Gasteiger partial charge on any atom is -0.480 e. The Morgan fingerprint density at radius 2 is 1.80 bits per heavy atom. The minimum absolute atomic E-state index is 0.0127. The van der Waals surface area contributed by atoms with Crippen molar-refractivity contribution >= 4 is 12.0 Å².